The summed E-state index contributed by atoms with van der Waals surface area (Å²) in [5, 5.41) is 1.90. The number of hydrogen-bond acceptors (Lipinski definition) is 3. The quantitative estimate of drug-likeness (QED) is 0.815. The number of alkyl halides is 3. The number of carbonyl (C=O) groups excluding carboxylic acids is 3. The van der Waals surface area contributed by atoms with Gasteiger partial charge in [-0.25, -0.2) is 0 Å². The Labute approximate surface area is 144 Å². The van der Waals surface area contributed by atoms with Gasteiger partial charge in [-0.2, -0.15) is 13.2 Å². The second kappa shape index (κ2) is 7.61. The van der Waals surface area contributed by atoms with Gasteiger partial charge in [0.25, 0.3) is 0 Å². The third-order valence-corrected chi connectivity index (χ3v) is 4.87. The molecule has 0 aromatic rings. The van der Waals surface area contributed by atoms with E-state index in [2.05, 4.69) is 0 Å². The number of hydrogen-bond donors (Lipinski definition) is 1. The zero-order chi connectivity index (χ0) is 18.8. The zero-order valence-electron chi connectivity index (χ0n) is 14.4. The van der Waals surface area contributed by atoms with Gasteiger partial charge in [-0.3, -0.25) is 14.4 Å². The standard InChI is InChI=1S/C16H24F3N3O3/c1-10(2)22-9-12(7-13(22)23)14(24)21-5-3-11(4-6-21)8-20-15(25)16(17,18)19/h10-12H,3-9H2,1-2H3,(H,20,25). The molecule has 6 nitrogen and oxygen atoms in total. The van der Waals surface area contributed by atoms with Gasteiger partial charge >= 0.3 is 12.1 Å². The van der Waals surface area contributed by atoms with Crippen molar-refractivity contribution in [2.24, 2.45) is 11.8 Å². The molecule has 0 radical (unpaired) electrons. The fourth-order valence-electron chi connectivity index (χ4n) is 3.35. The molecule has 1 N–H and O–H groups in total. The number of likely N-dealkylation sites (tertiary alicyclic amines) is 2. The first-order valence-corrected chi connectivity index (χ1v) is 8.53. The molecule has 2 aliphatic rings. The molecule has 3 amide bonds. The minimum absolute atomic E-state index is 0.0156. The van der Waals surface area contributed by atoms with Crippen molar-refractivity contribution in [3.63, 3.8) is 0 Å². The summed E-state index contributed by atoms with van der Waals surface area (Å²) in [7, 11) is 0. The monoisotopic (exact) mass is 363 g/mol. The molecule has 0 aromatic heterocycles. The van der Waals surface area contributed by atoms with Crippen LogP contribution in [0.4, 0.5) is 13.2 Å². The van der Waals surface area contributed by atoms with E-state index in [9.17, 15) is 27.6 Å². The summed E-state index contributed by atoms with van der Waals surface area (Å²) in [4.78, 5) is 38.7. The lowest BCUT2D eigenvalue weighted by Crippen LogP contribution is -2.46. The molecule has 1 unspecified atom stereocenters. The molecule has 2 fully saturated rings. The molecule has 2 aliphatic heterocycles. The van der Waals surface area contributed by atoms with Gasteiger partial charge in [0.1, 0.15) is 0 Å². The molecule has 0 aliphatic carbocycles. The minimum Gasteiger partial charge on any atom is -0.348 e. The van der Waals surface area contributed by atoms with Crippen LogP contribution in [0.15, 0.2) is 0 Å². The number of carbonyl (C=O) groups is 3. The highest BCUT2D eigenvalue weighted by molar-refractivity contribution is 5.89. The third kappa shape index (κ3) is 4.85. The average molecular weight is 363 g/mol. The van der Waals surface area contributed by atoms with Crippen molar-refractivity contribution in [2.75, 3.05) is 26.2 Å². The predicted octanol–water partition coefficient (Wildman–Crippen LogP) is 1.16. The fourth-order valence-corrected chi connectivity index (χ4v) is 3.35. The SMILES string of the molecule is CC(C)N1CC(C(=O)N2CCC(CNC(=O)C(F)(F)F)CC2)CC1=O. The Hall–Kier alpha value is -1.80. The lowest BCUT2D eigenvalue weighted by molar-refractivity contribution is -0.173. The average Bonchev–Trinajstić information content (AvgIpc) is 2.93. The number of piperidine rings is 1. The highest BCUT2D eigenvalue weighted by Crippen LogP contribution is 2.25. The number of rotatable bonds is 4. The largest absolute Gasteiger partial charge is 0.471 e. The van der Waals surface area contributed by atoms with E-state index >= 15 is 0 Å². The molecular weight excluding hydrogens is 339 g/mol. The van der Waals surface area contributed by atoms with Gasteiger partial charge in [0, 0.05) is 38.6 Å². The van der Waals surface area contributed by atoms with Crippen molar-refractivity contribution in [1.29, 1.82) is 0 Å². The van der Waals surface area contributed by atoms with Crippen molar-refractivity contribution in [3.8, 4) is 0 Å². The van der Waals surface area contributed by atoms with Gasteiger partial charge in [0.15, 0.2) is 0 Å². The van der Waals surface area contributed by atoms with E-state index in [4.69, 9.17) is 0 Å². The first kappa shape index (κ1) is 19.5. The summed E-state index contributed by atoms with van der Waals surface area (Å²) in [6.07, 6.45) is -3.57. The molecule has 1 atom stereocenters. The maximum absolute atomic E-state index is 12.5. The van der Waals surface area contributed by atoms with Crippen LogP contribution in [0, 0.1) is 11.8 Å². The molecule has 0 saturated carbocycles. The topological polar surface area (TPSA) is 69.7 Å². The highest BCUT2D eigenvalue weighted by atomic mass is 19.4. The predicted molar refractivity (Wildman–Crippen MR) is 83.3 cm³/mol. The molecule has 2 heterocycles. The van der Waals surface area contributed by atoms with E-state index in [1.807, 2.05) is 19.2 Å². The Morgan fingerprint density at radius 2 is 1.84 bits per heavy atom. The van der Waals surface area contributed by atoms with E-state index in [0.29, 0.717) is 32.5 Å². The summed E-state index contributed by atoms with van der Waals surface area (Å²) in [6, 6.07) is 0.0632. The summed E-state index contributed by atoms with van der Waals surface area (Å²) in [6.45, 7) is 5.09. The first-order valence-electron chi connectivity index (χ1n) is 8.53. The Morgan fingerprint density at radius 1 is 1.24 bits per heavy atom. The van der Waals surface area contributed by atoms with Crippen molar-refractivity contribution < 1.29 is 27.6 Å². The van der Waals surface area contributed by atoms with Crippen LogP contribution < -0.4 is 5.32 Å². The van der Waals surface area contributed by atoms with E-state index in [1.54, 1.807) is 9.80 Å². The summed E-state index contributed by atoms with van der Waals surface area (Å²) < 4.78 is 36.5. The van der Waals surface area contributed by atoms with Crippen molar-refractivity contribution >= 4 is 17.7 Å². The van der Waals surface area contributed by atoms with Gasteiger partial charge < -0.3 is 15.1 Å². The molecule has 0 aromatic carbocycles. The van der Waals surface area contributed by atoms with Crippen LogP contribution in [-0.2, 0) is 14.4 Å². The number of nitrogens with zero attached hydrogens (tertiary/aromatic N) is 2. The Morgan fingerprint density at radius 3 is 2.32 bits per heavy atom. The number of halogens is 3. The Kier molecular flexibility index (Phi) is 5.95. The van der Waals surface area contributed by atoms with E-state index < -0.39 is 12.1 Å². The lowest BCUT2D eigenvalue weighted by Gasteiger charge is -2.33. The molecule has 2 saturated heterocycles. The van der Waals surface area contributed by atoms with E-state index in [0.717, 1.165) is 0 Å². The van der Waals surface area contributed by atoms with Crippen LogP contribution >= 0.6 is 0 Å². The second-order valence-electron chi connectivity index (χ2n) is 7.02. The molecule has 25 heavy (non-hydrogen) atoms. The second-order valence-corrected chi connectivity index (χ2v) is 7.02. The van der Waals surface area contributed by atoms with Crippen molar-refractivity contribution in [1.82, 2.24) is 15.1 Å². The molecule has 2 rings (SSSR count). The van der Waals surface area contributed by atoms with Gasteiger partial charge in [0.05, 0.1) is 5.92 Å². The van der Waals surface area contributed by atoms with Crippen LogP contribution in [0.2, 0.25) is 0 Å². The van der Waals surface area contributed by atoms with Crippen molar-refractivity contribution in [3.05, 3.63) is 0 Å². The van der Waals surface area contributed by atoms with E-state index in [1.165, 1.54) is 0 Å². The first-order chi connectivity index (χ1) is 11.6. The Bertz CT molecular complexity index is 528. The summed E-state index contributed by atoms with van der Waals surface area (Å²) in [5.74, 6) is -2.42. The van der Waals surface area contributed by atoms with Crippen LogP contribution in [-0.4, -0.2) is 65.9 Å². The summed E-state index contributed by atoms with van der Waals surface area (Å²) in [5.41, 5.74) is 0. The highest BCUT2D eigenvalue weighted by Gasteiger charge is 2.40. The third-order valence-electron chi connectivity index (χ3n) is 4.87. The smallest absolute Gasteiger partial charge is 0.348 e. The molecular formula is C16H24F3N3O3. The lowest BCUT2D eigenvalue weighted by atomic mass is 9.95. The van der Waals surface area contributed by atoms with Gasteiger partial charge in [-0.1, -0.05) is 0 Å². The van der Waals surface area contributed by atoms with Crippen LogP contribution in [0.1, 0.15) is 33.1 Å². The molecule has 142 valence electrons. The minimum atomic E-state index is -4.87. The maximum atomic E-state index is 12.5. The van der Waals surface area contributed by atoms with Crippen LogP contribution in [0.25, 0.3) is 0 Å². The normalized spacial score (nSPS) is 22.6. The number of amides is 3. The summed E-state index contributed by atoms with van der Waals surface area (Å²) >= 11 is 0. The fraction of sp³-hybridized carbons (Fsp3) is 0.812. The zero-order valence-corrected chi connectivity index (χ0v) is 14.4. The van der Waals surface area contributed by atoms with Gasteiger partial charge in [-0.05, 0) is 32.6 Å². The van der Waals surface area contributed by atoms with Crippen LogP contribution in [0.3, 0.4) is 0 Å². The van der Waals surface area contributed by atoms with E-state index in [-0.39, 0.29) is 42.7 Å². The Balaban J connectivity index is 1.77. The van der Waals surface area contributed by atoms with Gasteiger partial charge in [-0.15, -0.1) is 0 Å². The van der Waals surface area contributed by atoms with Crippen LogP contribution in [0.5, 0.6) is 0 Å². The van der Waals surface area contributed by atoms with Crippen molar-refractivity contribution in [2.45, 2.75) is 45.3 Å². The molecule has 0 bridgehead atoms. The maximum Gasteiger partial charge on any atom is 0.471 e. The van der Waals surface area contributed by atoms with Gasteiger partial charge in [0.2, 0.25) is 11.8 Å². The molecule has 9 heteroatoms. The molecule has 0 spiro atoms. The number of nitrogens with one attached hydrogen (secondary N) is 1.